The Kier molecular flexibility index (Phi) is 4.31. The number of hydrogen-bond donors (Lipinski definition) is 1. The zero-order chi connectivity index (χ0) is 18.1. The molecule has 5 nitrogen and oxygen atoms in total. The van der Waals surface area contributed by atoms with Crippen molar-refractivity contribution < 1.29 is 9.94 Å². The number of rotatable bonds is 5. The highest BCUT2D eigenvalue weighted by Crippen LogP contribution is 2.36. The van der Waals surface area contributed by atoms with Crippen LogP contribution < -0.4 is 0 Å². The van der Waals surface area contributed by atoms with Crippen LogP contribution >= 0.6 is 0 Å². The maximum atomic E-state index is 10.2. The Balaban J connectivity index is 1.49. The predicted octanol–water partition coefficient (Wildman–Crippen LogP) is 3.31. The van der Waals surface area contributed by atoms with Crippen LogP contribution in [0.5, 0.6) is 0 Å². The van der Waals surface area contributed by atoms with Crippen LogP contribution in [0.1, 0.15) is 22.5 Å². The van der Waals surface area contributed by atoms with Gasteiger partial charge in [0.25, 0.3) is 0 Å². The van der Waals surface area contributed by atoms with E-state index in [1.165, 1.54) is 0 Å². The molecule has 2 aromatic carbocycles. The van der Waals surface area contributed by atoms with Gasteiger partial charge in [-0.15, -0.1) is 0 Å². The van der Waals surface area contributed by atoms with Crippen molar-refractivity contribution in [1.29, 1.82) is 0 Å². The number of benzene rings is 2. The summed E-state index contributed by atoms with van der Waals surface area (Å²) in [7, 11) is 0. The van der Waals surface area contributed by atoms with Gasteiger partial charge in [0, 0.05) is 16.8 Å². The summed E-state index contributed by atoms with van der Waals surface area (Å²) in [6.45, 7) is 4.41. The van der Waals surface area contributed by atoms with Crippen molar-refractivity contribution >= 4 is 5.71 Å². The lowest BCUT2D eigenvalue weighted by Gasteiger charge is -2.11. The molecule has 0 amide bonds. The van der Waals surface area contributed by atoms with E-state index < -0.39 is 6.10 Å². The van der Waals surface area contributed by atoms with E-state index in [4.69, 9.17) is 4.84 Å². The molecule has 0 spiro atoms. The van der Waals surface area contributed by atoms with Gasteiger partial charge in [-0.05, 0) is 31.0 Å². The molecule has 0 saturated carbocycles. The Hall–Kier alpha value is -2.92. The van der Waals surface area contributed by atoms with Gasteiger partial charge in [-0.25, -0.2) is 0 Å². The summed E-state index contributed by atoms with van der Waals surface area (Å²) in [5.41, 5.74) is 7.21. The van der Waals surface area contributed by atoms with Crippen molar-refractivity contribution in [3.05, 3.63) is 77.1 Å². The minimum atomic E-state index is -0.677. The summed E-state index contributed by atoms with van der Waals surface area (Å²) in [5, 5.41) is 18.9. The van der Waals surface area contributed by atoms with Crippen molar-refractivity contribution in [2.45, 2.75) is 26.5 Å². The molecule has 1 N–H and O–H groups in total. The summed E-state index contributed by atoms with van der Waals surface area (Å²) in [6, 6.07) is 18.3. The Labute approximate surface area is 152 Å². The molecule has 0 fully saturated rings. The molecule has 4 rings (SSSR count). The predicted molar refractivity (Wildman–Crippen MR) is 101 cm³/mol. The van der Waals surface area contributed by atoms with Crippen LogP contribution in [0.4, 0.5) is 0 Å². The summed E-state index contributed by atoms with van der Waals surface area (Å²) < 4.78 is 1.79. The van der Waals surface area contributed by atoms with E-state index in [1.807, 2.05) is 56.3 Å². The van der Waals surface area contributed by atoms with Crippen molar-refractivity contribution in [1.82, 2.24) is 9.78 Å². The van der Waals surface area contributed by atoms with Gasteiger partial charge in [-0.3, -0.25) is 4.68 Å². The molecule has 3 aromatic rings. The number of aliphatic hydroxyl groups is 1. The van der Waals surface area contributed by atoms with Gasteiger partial charge >= 0.3 is 0 Å². The van der Waals surface area contributed by atoms with Crippen LogP contribution in [0.2, 0.25) is 0 Å². The lowest BCUT2D eigenvalue weighted by molar-refractivity contribution is 0.0290. The van der Waals surface area contributed by atoms with E-state index >= 15 is 0 Å². The van der Waals surface area contributed by atoms with Gasteiger partial charge in [-0.2, -0.15) is 5.10 Å². The minimum Gasteiger partial charge on any atom is -0.392 e. The molecule has 1 aromatic heterocycles. The fraction of sp³-hybridized carbons (Fsp3) is 0.238. The van der Waals surface area contributed by atoms with Gasteiger partial charge in [0.2, 0.25) is 0 Å². The van der Waals surface area contributed by atoms with E-state index in [9.17, 15) is 5.11 Å². The zero-order valence-corrected chi connectivity index (χ0v) is 14.9. The molecular weight excluding hydrogens is 326 g/mol. The number of aromatic nitrogens is 2. The molecular formula is C21H21N3O2. The second-order valence-electron chi connectivity index (χ2n) is 6.59. The maximum absolute atomic E-state index is 10.2. The van der Waals surface area contributed by atoms with Crippen LogP contribution in [0.3, 0.4) is 0 Å². The third-order valence-electron chi connectivity index (χ3n) is 4.56. The van der Waals surface area contributed by atoms with E-state index in [-0.39, 0.29) is 6.61 Å². The average molecular weight is 347 g/mol. The number of nitrogens with zero attached hydrogens (tertiary/aromatic N) is 3. The first-order valence-corrected chi connectivity index (χ1v) is 8.72. The van der Waals surface area contributed by atoms with Crippen LogP contribution in [-0.4, -0.2) is 33.3 Å². The molecule has 132 valence electrons. The summed E-state index contributed by atoms with van der Waals surface area (Å²) in [5.74, 6) is 0. The number of fused-ring (bicyclic) bond motifs is 3. The molecule has 0 bridgehead atoms. The fourth-order valence-electron chi connectivity index (χ4n) is 3.39. The molecule has 0 saturated heterocycles. The van der Waals surface area contributed by atoms with E-state index in [1.54, 1.807) is 4.68 Å². The molecule has 0 aliphatic heterocycles. The first-order chi connectivity index (χ1) is 12.6. The Morgan fingerprint density at radius 3 is 2.12 bits per heavy atom. The third kappa shape index (κ3) is 3.02. The van der Waals surface area contributed by atoms with Crippen LogP contribution in [0.25, 0.3) is 11.1 Å². The topological polar surface area (TPSA) is 59.6 Å². The maximum Gasteiger partial charge on any atom is 0.144 e. The second-order valence-corrected chi connectivity index (χ2v) is 6.59. The second kappa shape index (κ2) is 6.77. The number of oxime groups is 1. The monoisotopic (exact) mass is 347 g/mol. The highest BCUT2D eigenvalue weighted by Gasteiger charge is 2.24. The zero-order valence-electron chi connectivity index (χ0n) is 14.9. The van der Waals surface area contributed by atoms with Gasteiger partial charge in [0.05, 0.1) is 12.2 Å². The molecule has 1 heterocycles. The normalized spacial score (nSPS) is 13.3. The molecule has 26 heavy (non-hydrogen) atoms. The van der Waals surface area contributed by atoms with Gasteiger partial charge < -0.3 is 9.94 Å². The first-order valence-electron chi connectivity index (χ1n) is 8.72. The van der Waals surface area contributed by atoms with Gasteiger partial charge in [-0.1, -0.05) is 53.7 Å². The highest BCUT2D eigenvalue weighted by molar-refractivity contribution is 6.24. The Morgan fingerprint density at radius 2 is 1.58 bits per heavy atom. The lowest BCUT2D eigenvalue weighted by Crippen LogP contribution is -2.22. The highest BCUT2D eigenvalue weighted by atomic mass is 16.6. The van der Waals surface area contributed by atoms with Crippen molar-refractivity contribution in [2.24, 2.45) is 5.16 Å². The standard InChI is InChI=1S/C21H21N3O2/c1-14-11-15(2)24(22-14)12-16(25)13-26-23-21-19-9-5-3-7-17(19)18-8-4-6-10-20(18)21/h3-11,16,25H,12-13H2,1-2H3/t16-/m1/s1. The van der Waals surface area contributed by atoms with Crippen molar-refractivity contribution in [3.8, 4) is 11.1 Å². The fourth-order valence-corrected chi connectivity index (χ4v) is 3.39. The summed E-state index contributed by atoms with van der Waals surface area (Å²) in [6.07, 6.45) is -0.677. The van der Waals surface area contributed by atoms with E-state index in [0.717, 1.165) is 39.4 Å². The van der Waals surface area contributed by atoms with E-state index in [0.29, 0.717) is 6.54 Å². The lowest BCUT2D eigenvalue weighted by atomic mass is 10.1. The first kappa shape index (κ1) is 16.5. The SMILES string of the molecule is Cc1cc(C)n(C[C@@H](O)CON=C2c3ccccc3-c3ccccc32)n1. The van der Waals surface area contributed by atoms with Crippen LogP contribution in [-0.2, 0) is 11.4 Å². The molecule has 0 unspecified atom stereocenters. The quantitative estimate of drug-likeness (QED) is 0.564. The molecule has 1 atom stereocenters. The van der Waals surface area contributed by atoms with Crippen molar-refractivity contribution in [3.63, 3.8) is 0 Å². The van der Waals surface area contributed by atoms with Crippen LogP contribution in [0, 0.1) is 13.8 Å². The van der Waals surface area contributed by atoms with E-state index in [2.05, 4.69) is 22.4 Å². The summed E-state index contributed by atoms with van der Waals surface area (Å²) >= 11 is 0. The minimum absolute atomic E-state index is 0.117. The van der Waals surface area contributed by atoms with Gasteiger partial charge in [0.15, 0.2) is 0 Å². The molecule has 5 heteroatoms. The smallest absolute Gasteiger partial charge is 0.144 e. The molecule has 1 aliphatic rings. The van der Waals surface area contributed by atoms with Crippen LogP contribution in [0.15, 0.2) is 59.8 Å². The third-order valence-corrected chi connectivity index (χ3v) is 4.56. The van der Waals surface area contributed by atoms with Gasteiger partial charge in [0.1, 0.15) is 18.4 Å². The number of aliphatic hydroxyl groups excluding tert-OH is 1. The Morgan fingerprint density at radius 1 is 1.00 bits per heavy atom. The number of aryl methyl sites for hydroxylation is 2. The average Bonchev–Trinajstić information content (AvgIpc) is 3.12. The number of hydrogen-bond acceptors (Lipinski definition) is 4. The largest absolute Gasteiger partial charge is 0.392 e. The summed E-state index contributed by atoms with van der Waals surface area (Å²) in [4.78, 5) is 5.51. The molecule has 1 aliphatic carbocycles. The van der Waals surface area contributed by atoms with Crippen molar-refractivity contribution in [2.75, 3.05) is 6.61 Å². The molecule has 0 radical (unpaired) electrons. The Bertz CT molecular complexity index is 927.